The molecule has 7 nitrogen and oxygen atoms in total. The smallest absolute Gasteiger partial charge is 0.318 e. The van der Waals surface area contributed by atoms with E-state index in [1.807, 2.05) is 13.0 Å². The molecule has 3 rings (SSSR count). The van der Waals surface area contributed by atoms with E-state index in [4.69, 9.17) is 9.47 Å². The number of aliphatic hydroxyl groups excluding tert-OH is 2. The zero-order valence-corrected chi connectivity index (χ0v) is 16.8. The molecule has 0 amide bonds. The number of esters is 1. The molecule has 1 aliphatic carbocycles. The van der Waals surface area contributed by atoms with E-state index >= 15 is 0 Å². The van der Waals surface area contributed by atoms with Gasteiger partial charge in [-0.05, 0) is 25.5 Å². The molecule has 2 aliphatic heterocycles. The number of ether oxygens (including phenoxy) is 2. The summed E-state index contributed by atoms with van der Waals surface area (Å²) >= 11 is 0. The Hall–Kier alpha value is -3.19. The van der Waals surface area contributed by atoms with Gasteiger partial charge in [0.15, 0.2) is 11.4 Å². The van der Waals surface area contributed by atoms with Crippen LogP contribution in [-0.4, -0.2) is 46.1 Å². The van der Waals surface area contributed by atoms with Crippen LogP contribution in [0.25, 0.3) is 0 Å². The van der Waals surface area contributed by atoms with Crippen LogP contribution >= 0.6 is 0 Å². The summed E-state index contributed by atoms with van der Waals surface area (Å²) in [4.78, 5) is 38.3. The highest BCUT2D eigenvalue weighted by Gasteiger charge is 2.61. The molecule has 3 aliphatic rings. The van der Waals surface area contributed by atoms with Crippen LogP contribution in [0.4, 0.5) is 0 Å². The first-order valence-corrected chi connectivity index (χ1v) is 9.67. The zero-order chi connectivity index (χ0) is 21.9. The molecular weight excluding hydrogens is 388 g/mol. The van der Waals surface area contributed by atoms with Crippen LogP contribution in [0.1, 0.15) is 20.3 Å². The first kappa shape index (κ1) is 21.5. The Labute approximate surface area is 174 Å². The molecule has 0 aromatic rings. The van der Waals surface area contributed by atoms with Crippen LogP contribution < -0.4 is 0 Å². The van der Waals surface area contributed by atoms with Crippen molar-refractivity contribution < 1.29 is 34.1 Å². The van der Waals surface area contributed by atoms with E-state index in [2.05, 4.69) is 0 Å². The Bertz CT molecular complexity index is 931. The van der Waals surface area contributed by atoms with Gasteiger partial charge in [0.2, 0.25) is 5.78 Å². The molecule has 0 bridgehead atoms. The fourth-order valence-electron chi connectivity index (χ4n) is 3.82. The fourth-order valence-corrected chi connectivity index (χ4v) is 3.82. The summed E-state index contributed by atoms with van der Waals surface area (Å²) in [6.07, 6.45) is 13.7. The van der Waals surface area contributed by atoms with Crippen molar-refractivity contribution in [2.45, 2.75) is 32.0 Å². The molecule has 0 aromatic heterocycles. The van der Waals surface area contributed by atoms with E-state index in [0.29, 0.717) is 5.57 Å². The summed E-state index contributed by atoms with van der Waals surface area (Å²) in [6, 6.07) is 0. The van der Waals surface area contributed by atoms with Gasteiger partial charge in [-0.15, -0.1) is 0 Å². The standard InChI is InChI=1S/C23H24O7/c1-3-4-5-6-7-8-15(25)11-19(26)20-18-10-14-9-16(12-24)29-13-17(14)21(27)23(18,2)30-22(20)28/h3-8,10-11,13,16,18,20,24-25H,9,12H2,1-2H3/b4-3+,6-5+,8-7+,15-11?. The molecule has 0 aromatic carbocycles. The summed E-state index contributed by atoms with van der Waals surface area (Å²) in [6.45, 7) is 3.13. The van der Waals surface area contributed by atoms with E-state index in [1.165, 1.54) is 19.3 Å². The Morgan fingerprint density at radius 2 is 2.00 bits per heavy atom. The van der Waals surface area contributed by atoms with Gasteiger partial charge in [0, 0.05) is 18.4 Å². The summed E-state index contributed by atoms with van der Waals surface area (Å²) in [5, 5.41) is 19.3. The number of ketones is 2. The molecule has 1 saturated heterocycles. The minimum atomic E-state index is -1.52. The molecule has 0 saturated carbocycles. The summed E-state index contributed by atoms with van der Waals surface area (Å²) < 4.78 is 10.7. The third kappa shape index (κ3) is 3.93. The van der Waals surface area contributed by atoms with Crippen LogP contribution in [-0.2, 0) is 23.9 Å². The third-order valence-electron chi connectivity index (χ3n) is 5.40. The average molecular weight is 412 g/mol. The lowest BCUT2D eigenvalue weighted by Gasteiger charge is -2.36. The largest absolute Gasteiger partial charge is 0.508 e. The summed E-state index contributed by atoms with van der Waals surface area (Å²) in [5.41, 5.74) is -0.615. The molecule has 2 heterocycles. The normalized spacial score (nSPS) is 31.4. The Morgan fingerprint density at radius 1 is 1.27 bits per heavy atom. The van der Waals surface area contributed by atoms with Gasteiger partial charge in [-0.25, -0.2) is 0 Å². The number of allylic oxidation sites excluding steroid dienone is 7. The minimum absolute atomic E-state index is 0.222. The highest BCUT2D eigenvalue weighted by molar-refractivity contribution is 6.14. The van der Waals surface area contributed by atoms with Gasteiger partial charge in [-0.3, -0.25) is 14.4 Å². The van der Waals surface area contributed by atoms with E-state index in [-0.39, 0.29) is 24.4 Å². The Kier molecular flexibility index (Phi) is 6.22. The molecule has 0 spiro atoms. The van der Waals surface area contributed by atoms with Crippen LogP contribution in [0.15, 0.2) is 71.8 Å². The van der Waals surface area contributed by atoms with Crippen LogP contribution in [0, 0.1) is 11.8 Å². The van der Waals surface area contributed by atoms with E-state index in [0.717, 1.165) is 6.08 Å². The van der Waals surface area contributed by atoms with Crippen molar-refractivity contribution >= 4 is 17.5 Å². The maximum Gasteiger partial charge on any atom is 0.318 e. The summed E-state index contributed by atoms with van der Waals surface area (Å²) in [5.74, 6) is -4.25. The number of rotatable bonds is 6. The molecule has 2 N–H and O–H groups in total. The lowest BCUT2D eigenvalue weighted by atomic mass is 9.69. The lowest BCUT2D eigenvalue weighted by molar-refractivity contribution is -0.156. The van der Waals surface area contributed by atoms with E-state index < -0.39 is 41.1 Å². The highest BCUT2D eigenvalue weighted by atomic mass is 16.6. The molecule has 1 fully saturated rings. The zero-order valence-electron chi connectivity index (χ0n) is 16.8. The van der Waals surface area contributed by atoms with Crippen molar-refractivity contribution in [1.29, 1.82) is 0 Å². The Balaban J connectivity index is 1.87. The van der Waals surface area contributed by atoms with Gasteiger partial charge >= 0.3 is 5.97 Å². The predicted molar refractivity (Wildman–Crippen MR) is 108 cm³/mol. The van der Waals surface area contributed by atoms with Crippen LogP contribution in [0.3, 0.4) is 0 Å². The molecule has 4 atom stereocenters. The highest BCUT2D eigenvalue weighted by Crippen LogP contribution is 2.47. The number of hydrogen-bond donors (Lipinski definition) is 2. The van der Waals surface area contributed by atoms with Gasteiger partial charge in [0.25, 0.3) is 0 Å². The molecule has 0 radical (unpaired) electrons. The number of carbonyl (C=O) groups is 3. The maximum atomic E-state index is 13.0. The van der Waals surface area contributed by atoms with Crippen molar-refractivity contribution in [3.05, 3.63) is 71.8 Å². The van der Waals surface area contributed by atoms with Crippen molar-refractivity contribution in [1.82, 2.24) is 0 Å². The third-order valence-corrected chi connectivity index (χ3v) is 5.40. The number of carbonyl (C=O) groups excluding carboxylic acids is 3. The maximum absolute atomic E-state index is 13.0. The van der Waals surface area contributed by atoms with Crippen molar-refractivity contribution in [2.24, 2.45) is 11.8 Å². The van der Waals surface area contributed by atoms with Crippen LogP contribution in [0.2, 0.25) is 0 Å². The van der Waals surface area contributed by atoms with Gasteiger partial charge in [0.05, 0.1) is 18.4 Å². The van der Waals surface area contributed by atoms with Gasteiger partial charge in [-0.2, -0.15) is 0 Å². The van der Waals surface area contributed by atoms with Crippen LogP contribution in [0.5, 0.6) is 0 Å². The second kappa shape index (κ2) is 8.67. The number of fused-ring (bicyclic) bond motifs is 2. The van der Waals surface area contributed by atoms with E-state index in [9.17, 15) is 24.6 Å². The second-order valence-electron chi connectivity index (χ2n) is 7.47. The lowest BCUT2D eigenvalue weighted by Crippen LogP contribution is -2.47. The molecular formula is C23H24O7. The van der Waals surface area contributed by atoms with Gasteiger partial charge in [0.1, 0.15) is 17.8 Å². The monoisotopic (exact) mass is 412 g/mol. The van der Waals surface area contributed by atoms with Gasteiger partial charge < -0.3 is 19.7 Å². The molecule has 30 heavy (non-hydrogen) atoms. The predicted octanol–water partition coefficient (Wildman–Crippen LogP) is 2.41. The van der Waals surface area contributed by atoms with Crippen molar-refractivity contribution in [2.75, 3.05) is 6.61 Å². The topological polar surface area (TPSA) is 110 Å². The van der Waals surface area contributed by atoms with E-state index in [1.54, 1.807) is 30.4 Å². The first-order chi connectivity index (χ1) is 14.3. The molecule has 4 unspecified atom stereocenters. The molecule has 7 heteroatoms. The number of aliphatic hydroxyl groups is 2. The fraction of sp³-hybridized carbons (Fsp3) is 0.348. The quantitative estimate of drug-likeness (QED) is 0.227. The van der Waals surface area contributed by atoms with Gasteiger partial charge in [-0.1, -0.05) is 36.5 Å². The minimum Gasteiger partial charge on any atom is -0.508 e. The van der Waals surface area contributed by atoms with Crippen molar-refractivity contribution in [3.63, 3.8) is 0 Å². The number of Topliss-reactive ketones (excluding diaryl/α,β-unsaturated/α-hetero) is 1. The first-order valence-electron chi connectivity index (χ1n) is 9.67. The Morgan fingerprint density at radius 3 is 2.70 bits per heavy atom. The average Bonchev–Trinajstić information content (AvgIpc) is 2.98. The molecule has 158 valence electrons. The number of hydrogen-bond acceptors (Lipinski definition) is 7. The van der Waals surface area contributed by atoms with Crippen molar-refractivity contribution in [3.8, 4) is 0 Å². The summed E-state index contributed by atoms with van der Waals surface area (Å²) in [7, 11) is 0. The SMILES string of the molecule is C/C=C/C=C/C=C/C(O)=CC(=O)C1C(=O)OC2(C)C(=O)C3=COC(CO)CC3=CC12. The second-order valence-corrected chi connectivity index (χ2v) is 7.47.